The van der Waals surface area contributed by atoms with Gasteiger partial charge in [-0.05, 0) is 51.5 Å². The predicted octanol–water partition coefficient (Wildman–Crippen LogP) is 3.23. The Balaban J connectivity index is 1.49. The fraction of sp³-hybridized carbons (Fsp3) is 0.458. The number of carbonyl (C=O) groups is 1. The van der Waals surface area contributed by atoms with E-state index in [0.717, 1.165) is 53.2 Å². The maximum absolute atomic E-state index is 11.9. The Hall–Kier alpha value is -3.31. The van der Waals surface area contributed by atoms with E-state index in [0.29, 0.717) is 32.1 Å². The van der Waals surface area contributed by atoms with Crippen LogP contribution < -0.4 is 20.4 Å². The summed E-state index contributed by atoms with van der Waals surface area (Å²) < 4.78 is 10.0. The molecule has 0 aliphatic carbocycles. The number of nitrogens with zero attached hydrogens (tertiary/aromatic N) is 6. The SMILES string of the molecule is CCNC(=O)Nc1ccc(-c2nc3c(c(N4CCOC[C@@H]4C)n2)CCN(c2nc(C)ns2)C3)cc1. The Morgan fingerprint density at radius 1 is 1.20 bits per heavy atom. The van der Waals surface area contributed by atoms with Gasteiger partial charge in [-0.1, -0.05) is 0 Å². The summed E-state index contributed by atoms with van der Waals surface area (Å²) in [6, 6.07) is 7.67. The van der Waals surface area contributed by atoms with Gasteiger partial charge in [-0.15, -0.1) is 0 Å². The van der Waals surface area contributed by atoms with Gasteiger partial charge in [0, 0.05) is 48.0 Å². The summed E-state index contributed by atoms with van der Waals surface area (Å²) in [5.41, 5.74) is 3.85. The summed E-state index contributed by atoms with van der Waals surface area (Å²) in [4.78, 5) is 31.1. The van der Waals surface area contributed by atoms with Gasteiger partial charge in [0.15, 0.2) is 5.82 Å². The van der Waals surface area contributed by atoms with Crippen molar-refractivity contribution in [2.24, 2.45) is 0 Å². The Morgan fingerprint density at radius 2 is 2.03 bits per heavy atom. The number of aryl methyl sites for hydroxylation is 1. The normalized spacial score (nSPS) is 17.7. The first-order valence-electron chi connectivity index (χ1n) is 12.0. The second-order valence-corrected chi connectivity index (χ2v) is 9.50. The van der Waals surface area contributed by atoms with Crippen molar-refractivity contribution in [2.75, 3.05) is 48.0 Å². The molecule has 184 valence electrons. The number of nitrogens with one attached hydrogen (secondary N) is 2. The molecule has 2 amide bonds. The van der Waals surface area contributed by atoms with Crippen molar-refractivity contribution in [1.29, 1.82) is 0 Å². The number of ether oxygens (including phenoxy) is 1. The van der Waals surface area contributed by atoms with Gasteiger partial charge in [0.2, 0.25) is 5.13 Å². The number of rotatable bonds is 5. The molecule has 0 unspecified atom stereocenters. The summed E-state index contributed by atoms with van der Waals surface area (Å²) in [5.74, 6) is 2.47. The van der Waals surface area contributed by atoms with E-state index in [1.54, 1.807) is 0 Å². The maximum Gasteiger partial charge on any atom is 0.319 e. The molecule has 3 aromatic rings. The Bertz CT molecular complexity index is 1200. The van der Waals surface area contributed by atoms with E-state index >= 15 is 0 Å². The molecule has 1 fully saturated rings. The molecule has 10 nitrogen and oxygen atoms in total. The minimum atomic E-state index is -0.221. The summed E-state index contributed by atoms with van der Waals surface area (Å²) in [6.45, 7) is 10.3. The molecular formula is C24H30N8O2S. The van der Waals surface area contributed by atoms with Crippen molar-refractivity contribution in [2.45, 2.75) is 39.8 Å². The van der Waals surface area contributed by atoms with Gasteiger partial charge in [0.05, 0.1) is 31.5 Å². The van der Waals surface area contributed by atoms with E-state index in [-0.39, 0.29) is 12.1 Å². The van der Waals surface area contributed by atoms with Crippen LogP contribution in [0.25, 0.3) is 11.4 Å². The van der Waals surface area contributed by atoms with Crippen LogP contribution in [-0.2, 0) is 17.7 Å². The molecule has 0 spiro atoms. The third kappa shape index (κ3) is 5.06. The smallest absolute Gasteiger partial charge is 0.319 e. The largest absolute Gasteiger partial charge is 0.377 e. The highest BCUT2D eigenvalue weighted by molar-refractivity contribution is 7.09. The number of urea groups is 1. The fourth-order valence-electron chi connectivity index (χ4n) is 4.44. The number of carbonyl (C=O) groups excluding carboxylic acids is 1. The minimum Gasteiger partial charge on any atom is -0.377 e. The molecule has 0 bridgehead atoms. The van der Waals surface area contributed by atoms with E-state index < -0.39 is 0 Å². The van der Waals surface area contributed by atoms with Crippen molar-refractivity contribution in [1.82, 2.24) is 24.6 Å². The lowest BCUT2D eigenvalue weighted by Crippen LogP contribution is -2.45. The van der Waals surface area contributed by atoms with Gasteiger partial charge >= 0.3 is 6.03 Å². The third-order valence-corrected chi connectivity index (χ3v) is 7.08. The van der Waals surface area contributed by atoms with Crippen LogP contribution in [0.15, 0.2) is 24.3 Å². The molecule has 11 heteroatoms. The standard InChI is InChI=1S/C24H30N8O2S/c1-4-25-23(33)27-18-7-5-17(6-8-18)21-28-20-13-31(24-26-16(3)30-35-24)10-9-19(20)22(29-21)32-11-12-34-14-15(32)2/h5-8,15H,4,9-14H2,1-3H3,(H2,25,27,33)/t15-/m0/s1. The Morgan fingerprint density at radius 3 is 2.74 bits per heavy atom. The third-order valence-electron chi connectivity index (χ3n) is 6.21. The summed E-state index contributed by atoms with van der Waals surface area (Å²) in [6.07, 6.45) is 0.850. The first-order chi connectivity index (χ1) is 17.0. The van der Waals surface area contributed by atoms with Crippen LogP contribution in [0.5, 0.6) is 0 Å². The molecule has 2 aliphatic heterocycles. The van der Waals surface area contributed by atoms with Crippen molar-refractivity contribution in [3.8, 4) is 11.4 Å². The highest BCUT2D eigenvalue weighted by Crippen LogP contribution is 2.33. The van der Waals surface area contributed by atoms with Crippen LogP contribution in [0.4, 0.5) is 21.4 Å². The molecule has 4 heterocycles. The summed E-state index contributed by atoms with van der Waals surface area (Å²) in [7, 11) is 0. The number of fused-ring (bicyclic) bond motifs is 1. The number of aromatic nitrogens is 4. The molecule has 2 N–H and O–H groups in total. The zero-order valence-electron chi connectivity index (χ0n) is 20.2. The quantitative estimate of drug-likeness (QED) is 0.557. The fourth-order valence-corrected chi connectivity index (χ4v) is 5.13. The van der Waals surface area contributed by atoms with Gasteiger partial charge in [-0.2, -0.15) is 4.37 Å². The van der Waals surface area contributed by atoms with Crippen LogP contribution in [-0.4, -0.2) is 64.2 Å². The molecule has 0 saturated carbocycles. The average Bonchev–Trinajstić information content (AvgIpc) is 3.30. The molecule has 0 radical (unpaired) electrons. The first-order valence-corrected chi connectivity index (χ1v) is 12.7. The second-order valence-electron chi connectivity index (χ2n) is 8.77. The van der Waals surface area contributed by atoms with Crippen molar-refractivity contribution < 1.29 is 9.53 Å². The van der Waals surface area contributed by atoms with E-state index in [2.05, 4.69) is 36.7 Å². The highest BCUT2D eigenvalue weighted by atomic mass is 32.1. The molecule has 1 saturated heterocycles. The number of benzene rings is 1. The molecule has 2 aromatic heterocycles. The van der Waals surface area contributed by atoms with Crippen molar-refractivity contribution in [3.63, 3.8) is 0 Å². The number of morpholine rings is 1. The number of hydrogen-bond acceptors (Lipinski definition) is 9. The van der Waals surface area contributed by atoms with E-state index in [1.165, 1.54) is 17.1 Å². The number of amides is 2. The van der Waals surface area contributed by atoms with E-state index in [9.17, 15) is 4.79 Å². The van der Waals surface area contributed by atoms with Crippen LogP contribution in [0.1, 0.15) is 30.9 Å². The molecule has 1 atom stereocenters. The lowest BCUT2D eigenvalue weighted by Gasteiger charge is -2.37. The van der Waals surface area contributed by atoms with Gasteiger partial charge in [-0.25, -0.2) is 19.7 Å². The van der Waals surface area contributed by atoms with Crippen LogP contribution in [0.3, 0.4) is 0 Å². The molecular weight excluding hydrogens is 464 g/mol. The van der Waals surface area contributed by atoms with Crippen molar-refractivity contribution in [3.05, 3.63) is 41.3 Å². The summed E-state index contributed by atoms with van der Waals surface area (Å²) in [5, 5.41) is 6.50. The van der Waals surface area contributed by atoms with Gasteiger partial charge in [0.1, 0.15) is 11.6 Å². The molecule has 35 heavy (non-hydrogen) atoms. The maximum atomic E-state index is 11.9. The van der Waals surface area contributed by atoms with Crippen molar-refractivity contribution >= 4 is 34.2 Å². The highest BCUT2D eigenvalue weighted by Gasteiger charge is 2.29. The Labute approximate surface area is 208 Å². The van der Waals surface area contributed by atoms with Crippen LogP contribution >= 0.6 is 11.5 Å². The zero-order chi connectivity index (χ0) is 24.4. The topological polar surface area (TPSA) is 108 Å². The monoisotopic (exact) mass is 494 g/mol. The van der Waals surface area contributed by atoms with Crippen LogP contribution in [0, 0.1) is 6.92 Å². The lowest BCUT2D eigenvalue weighted by molar-refractivity contribution is 0.0984. The second kappa shape index (κ2) is 10.1. The first kappa shape index (κ1) is 23.4. The zero-order valence-corrected chi connectivity index (χ0v) is 21.1. The molecule has 1 aromatic carbocycles. The lowest BCUT2D eigenvalue weighted by atomic mass is 10.0. The summed E-state index contributed by atoms with van der Waals surface area (Å²) >= 11 is 1.43. The number of anilines is 3. The number of hydrogen-bond donors (Lipinski definition) is 2. The van der Waals surface area contributed by atoms with E-state index in [4.69, 9.17) is 14.7 Å². The van der Waals surface area contributed by atoms with Gasteiger partial charge < -0.3 is 25.2 Å². The van der Waals surface area contributed by atoms with Gasteiger partial charge in [-0.3, -0.25) is 0 Å². The van der Waals surface area contributed by atoms with Gasteiger partial charge in [0.25, 0.3) is 0 Å². The average molecular weight is 495 g/mol. The predicted molar refractivity (Wildman–Crippen MR) is 137 cm³/mol. The molecule has 5 rings (SSSR count). The van der Waals surface area contributed by atoms with Crippen LogP contribution in [0.2, 0.25) is 0 Å². The molecule has 2 aliphatic rings. The Kier molecular flexibility index (Phi) is 6.78. The van der Waals surface area contributed by atoms with E-state index in [1.807, 2.05) is 38.1 Å². The minimum absolute atomic E-state index is 0.221.